The molecule has 2 aromatic carbocycles. The molecule has 0 radical (unpaired) electrons. The number of ether oxygens (including phenoxy) is 2. The molecule has 0 fully saturated rings. The standard InChI is InChI=1S/C21H24N2O4/c1-5-25-16-9-14(10-17(12-16)26-6-2)20(24)22-15-7-8-18-19(11-15)27-21(23-18)13(3)4/h7-13H,5-6H2,1-4H3,(H,22,24). The van der Waals surface area contributed by atoms with E-state index in [-0.39, 0.29) is 11.8 Å². The molecular formula is C21H24N2O4. The number of carbonyl (C=O) groups is 1. The van der Waals surface area contributed by atoms with Crippen molar-refractivity contribution in [1.29, 1.82) is 0 Å². The summed E-state index contributed by atoms with van der Waals surface area (Å²) in [5.41, 5.74) is 2.52. The van der Waals surface area contributed by atoms with Crippen LogP contribution in [0.2, 0.25) is 0 Å². The molecule has 6 nitrogen and oxygen atoms in total. The van der Waals surface area contributed by atoms with Gasteiger partial charge in [-0.3, -0.25) is 4.79 Å². The lowest BCUT2D eigenvalue weighted by molar-refractivity contribution is 0.102. The Labute approximate surface area is 158 Å². The summed E-state index contributed by atoms with van der Waals surface area (Å²) in [6.07, 6.45) is 0. The van der Waals surface area contributed by atoms with E-state index in [0.29, 0.717) is 47.4 Å². The predicted molar refractivity (Wildman–Crippen MR) is 105 cm³/mol. The molecule has 0 saturated carbocycles. The number of benzene rings is 2. The Balaban J connectivity index is 1.84. The highest BCUT2D eigenvalue weighted by Crippen LogP contribution is 2.26. The number of hydrogen-bond acceptors (Lipinski definition) is 5. The van der Waals surface area contributed by atoms with Gasteiger partial charge >= 0.3 is 0 Å². The van der Waals surface area contributed by atoms with Gasteiger partial charge in [0, 0.05) is 29.3 Å². The first-order valence-corrected chi connectivity index (χ1v) is 9.12. The Bertz CT molecular complexity index is 922. The number of fused-ring (bicyclic) bond motifs is 1. The highest BCUT2D eigenvalue weighted by atomic mass is 16.5. The summed E-state index contributed by atoms with van der Waals surface area (Å²) in [5.74, 6) is 1.83. The third kappa shape index (κ3) is 4.39. The maximum Gasteiger partial charge on any atom is 0.255 e. The van der Waals surface area contributed by atoms with Gasteiger partial charge in [-0.05, 0) is 38.1 Å². The number of rotatable bonds is 7. The fourth-order valence-corrected chi connectivity index (χ4v) is 2.67. The Morgan fingerprint density at radius 2 is 1.74 bits per heavy atom. The Hall–Kier alpha value is -3.02. The van der Waals surface area contributed by atoms with Crippen LogP contribution in [-0.2, 0) is 0 Å². The van der Waals surface area contributed by atoms with E-state index in [1.54, 1.807) is 24.3 Å². The summed E-state index contributed by atoms with van der Waals surface area (Å²) in [4.78, 5) is 17.2. The van der Waals surface area contributed by atoms with Gasteiger partial charge < -0.3 is 19.2 Å². The van der Waals surface area contributed by atoms with Crippen molar-refractivity contribution in [2.75, 3.05) is 18.5 Å². The van der Waals surface area contributed by atoms with E-state index in [9.17, 15) is 4.79 Å². The van der Waals surface area contributed by atoms with Crippen LogP contribution in [-0.4, -0.2) is 24.1 Å². The average molecular weight is 368 g/mol. The quantitative estimate of drug-likeness (QED) is 0.635. The zero-order valence-electron chi connectivity index (χ0n) is 16.0. The summed E-state index contributed by atoms with van der Waals surface area (Å²) >= 11 is 0. The first kappa shape index (κ1) is 18.8. The van der Waals surface area contributed by atoms with Gasteiger partial charge in [0.25, 0.3) is 5.91 Å². The normalized spacial score (nSPS) is 11.0. The van der Waals surface area contributed by atoms with Gasteiger partial charge in [0.2, 0.25) is 0 Å². The molecule has 3 aromatic rings. The first-order valence-electron chi connectivity index (χ1n) is 9.12. The van der Waals surface area contributed by atoms with Crippen molar-refractivity contribution in [2.45, 2.75) is 33.6 Å². The van der Waals surface area contributed by atoms with E-state index >= 15 is 0 Å². The molecule has 3 rings (SSSR count). The molecule has 1 aromatic heterocycles. The monoisotopic (exact) mass is 368 g/mol. The van der Waals surface area contributed by atoms with Gasteiger partial charge in [0.15, 0.2) is 11.5 Å². The third-order valence-electron chi connectivity index (χ3n) is 3.92. The molecule has 0 atom stereocenters. The van der Waals surface area contributed by atoms with Crippen molar-refractivity contribution in [3.05, 3.63) is 47.9 Å². The second kappa shape index (κ2) is 8.12. The Morgan fingerprint density at radius 1 is 1.07 bits per heavy atom. The molecule has 27 heavy (non-hydrogen) atoms. The summed E-state index contributed by atoms with van der Waals surface area (Å²) in [7, 11) is 0. The molecule has 1 amide bonds. The van der Waals surface area contributed by atoms with E-state index in [1.807, 2.05) is 39.8 Å². The minimum Gasteiger partial charge on any atom is -0.494 e. The summed E-state index contributed by atoms with van der Waals surface area (Å²) in [6, 6.07) is 10.6. The fraction of sp³-hybridized carbons (Fsp3) is 0.333. The second-order valence-electron chi connectivity index (χ2n) is 6.40. The van der Waals surface area contributed by atoms with E-state index < -0.39 is 0 Å². The number of carbonyl (C=O) groups excluding carboxylic acids is 1. The van der Waals surface area contributed by atoms with Gasteiger partial charge in [0.05, 0.1) is 13.2 Å². The molecule has 1 heterocycles. The smallest absolute Gasteiger partial charge is 0.255 e. The Kier molecular flexibility index (Phi) is 5.64. The van der Waals surface area contributed by atoms with E-state index in [2.05, 4.69) is 10.3 Å². The van der Waals surface area contributed by atoms with Gasteiger partial charge in [-0.25, -0.2) is 4.98 Å². The molecule has 0 aliphatic carbocycles. The molecule has 1 N–H and O–H groups in total. The molecule has 6 heteroatoms. The van der Waals surface area contributed by atoms with Crippen molar-refractivity contribution >= 4 is 22.7 Å². The van der Waals surface area contributed by atoms with Crippen molar-refractivity contribution in [3.63, 3.8) is 0 Å². The highest BCUT2D eigenvalue weighted by Gasteiger charge is 2.13. The lowest BCUT2D eigenvalue weighted by Crippen LogP contribution is -2.12. The maximum absolute atomic E-state index is 12.7. The third-order valence-corrected chi connectivity index (χ3v) is 3.92. The minimum atomic E-state index is -0.250. The number of oxazole rings is 1. The average Bonchev–Trinajstić information content (AvgIpc) is 3.06. The van der Waals surface area contributed by atoms with Crippen molar-refractivity contribution in [2.24, 2.45) is 0 Å². The summed E-state index contributed by atoms with van der Waals surface area (Å²) in [5, 5.41) is 2.89. The lowest BCUT2D eigenvalue weighted by atomic mass is 10.1. The van der Waals surface area contributed by atoms with Crippen LogP contribution in [0.1, 0.15) is 49.9 Å². The maximum atomic E-state index is 12.7. The predicted octanol–water partition coefficient (Wildman–Crippen LogP) is 5.00. The van der Waals surface area contributed by atoms with E-state index in [0.717, 1.165) is 5.52 Å². The van der Waals surface area contributed by atoms with Gasteiger partial charge in [0.1, 0.15) is 17.0 Å². The number of nitrogens with one attached hydrogen (secondary N) is 1. The zero-order valence-corrected chi connectivity index (χ0v) is 16.0. The number of nitrogens with zero attached hydrogens (tertiary/aromatic N) is 1. The van der Waals surface area contributed by atoms with Gasteiger partial charge in [-0.2, -0.15) is 0 Å². The van der Waals surface area contributed by atoms with E-state index in [1.165, 1.54) is 0 Å². The minimum absolute atomic E-state index is 0.203. The fourth-order valence-electron chi connectivity index (χ4n) is 2.67. The molecule has 0 unspecified atom stereocenters. The molecule has 0 aliphatic rings. The molecule has 0 aliphatic heterocycles. The molecule has 0 spiro atoms. The first-order chi connectivity index (χ1) is 13.0. The lowest BCUT2D eigenvalue weighted by Gasteiger charge is -2.11. The van der Waals surface area contributed by atoms with Gasteiger partial charge in [-0.1, -0.05) is 13.8 Å². The van der Waals surface area contributed by atoms with Crippen LogP contribution in [0.15, 0.2) is 40.8 Å². The van der Waals surface area contributed by atoms with Crippen LogP contribution in [0.5, 0.6) is 11.5 Å². The van der Waals surface area contributed by atoms with Crippen molar-refractivity contribution in [3.8, 4) is 11.5 Å². The van der Waals surface area contributed by atoms with E-state index in [4.69, 9.17) is 13.9 Å². The second-order valence-corrected chi connectivity index (χ2v) is 6.40. The van der Waals surface area contributed by atoms with Crippen LogP contribution >= 0.6 is 0 Å². The van der Waals surface area contributed by atoms with Crippen LogP contribution in [0.4, 0.5) is 5.69 Å². The van der Waals surface area contributed by atoms with Gasteiger partial charge in [-0.15, -0.1) is 0 Å². The van der Waals surface area contributed by atoms with Crippen LogP contribution in [0.25, 0.3) is 11.1 Å². The summed E-state index contributed by atoms with van der Waals surface area (Å²) < 4.78 is 16.8. The van der Waals surface area contributed by atoms with Crippen molar-refractivity contribution < 1.29 is 18.7 Å². The number of hydrogen-bond donors (Lipinski definition) is 1. The van der Waals surface area contributed by atoms with Crippen LogP contribution in [0.3, 0.4) is 0 Å². The molecular weight excluding hydrogens is 344 g/mol. The molecule has 142 valence electrons. The largest absolute Gasteiger partial charge is 0.494 e. The number of amides is 1. The molecule has 0 bridgehead atoms. The van der Waals surface area contributed by atoms with Crippen LogP contribution < -0.4 is 14.8 Å². The number of anilines is 1. The molecule has 0 saturated heterocycles. The van der Waals surface area contributed by atoms with Crippen LogP contribution in [0, 0.1) is 0 Å². The number of aromatic nitrogens is 1. The zero-order chi connectivity index (χ0) is 19.4. The SMILES string of the molecule is CCOc1cc(OCC)cc(C(=O)Nc2ccc3nc(C(C)C)oc3c2)c1. The summed E-state index contributed by atoms with van der Waals surface area (Å²) in [6.45, 7) is 8.85. The highest BCUT2D eigenvalue weighted by molar-refractivity contribution is 6.05. The van der Waals surface area contributed by atoms with Crippen molar-refractivity contribution in [1.82, 2.24) is 4.98 Å². The topological polar surface area (TPSA) is 73.6 Å². The Morgan fingerprint density at radius 3 is 2.33 bits per heavy atom.